The van der Waals surface area contributed by atoms with E-state index in [1.807, 2.05) is 0 Å². The van der Waals surface area contributed by atoms with Crippen LogP contribution in [0.1, 0.15) is 39.1 Å². The molecule has 0 radical (unpaired) electrons. The second kappa shape index (κ2) is 9.74. The highest BCUT2D eigenvalue weighted by atomic mass is 17.2. The Bertz CT molecular complexity index is 1050. The summed E-state index contributed by atoms with van der Waals surface area (Å²) in [5.74, 6) is -2.91. The molecule has 0 bridgehead atoms. The van der Waals surface area contributed by atoms with Crippen LogP contribution < -0.4 is 15.2 Å². The van der Waals surface area contributed by atoms with Crippen LogP contribution in [-0.4, -0.2) is 42.6 Å². The molecule has 3 N–H and O–H groups in total. The minimum Gasteiger partial charge on any atom is -0.421 e. The van der Waals surface area contributed by atoms with Gasteiger partial charge in [-0.1, -0.05) is 30.3 Å². The van der Waals surface area contributed by atoms with Crippen molar-refractivity contribution in [3.8, 4) is 11.5 Å². The molecule has 1 aliphatic rings. The predicted octanol–water partition coefficient (Wildman–Crippen LogP) is 1.59. The number of ketones is 2. The first-order chi connectivity index (χ1) is 14.8. The van der Waals surface area contributed by atoms with Gasteiger partial charge in [-0.05, 0) is 12.1 Å². The predicted molar refractivity (Wildman–Crippen MR) is 105 cm³/mol. The molecule has 0 unspecified atom stereocenters. The maximum Gasteiger partial charge on any atom is 0.341 e. The Labute approximate surface area is 176 Å². The van der Waals surface area contributed by atoms with Gasteiger partial charge in [-0.2, -0.15) is 0 Å². The van der Waals surface area contributed by atoms with E-state index in [2.05, 4.69) is 9.78 Å². The maximum absolute atomic E-state index is 12.8. The van der Waals surface area contributed by atoms with E-state index in [1.54, 1.807) is 12.1 Å². The molecule has 0 aromatic heterocycles. The number of rotatable bonds is 6. The van der Waals surface area contributed by atoms with Crippen molar-refractivity contribution in [2.75, 3.05) is 13.2 Å². The standard InChI is InChI=1S/C21H18N2O8/c22-21(23)13-6-4-12(5-7-13)15(24)8-9-16(25)14-2-1-3-17-20(14)31-19(27)11-29-28-10-18(26)30-17/h1-7H,8-11H2,(H3,22,23). The molecule has 0 aliphatic carbocycles. The van der Waals surface area contributed by atoms with Gasteiger partial charge in [0.15, 0.2) is 36.3 Å². The van der Waals surface area contributed by atoms with Crippen molar-refractivity contribution < 1.29 is 38.4 Å². The maximum atomic E-state index is 12.8. The van der Waals surface area contributed by atoms with Crippen molar-refractivity contribution in [3.05, 3.63) is 59.2 Å². The summed E-state index contributed by atoms with van der Waals surface area (Å²) >= 11 is 0. The van der Waals surface area contributed by atoms with Crippen LogP contribution >= 0.6 is 0 Å². The second-order valence-corrected chi connectivity index (χ2v) is 6.44. The zero-order valence-electron chi connectivity index (χ0n) is 16.2. The van der Waals surface area contributed by atoms with E-state index in [9.17, 15) is 19.2 Å². The van der Waals surface area contributed by atoms with E-state index in [-0.39, 0.29) is 41.5 Å². The van der Waals surface area contributed by atoms with E-state index >= 15 is 0 Å². The highest BCUT2D eigenvalue weighted by Crippen LogP contribution is 2.33. The fourth-order valence-electron chi connectivity index (χ4n) is 2.74. The quantitative estimate of drug-likeness (QED) is 0.175. The Morgan fingerprint density at radius 2 is 1.42 bits per heavy atom. The van der Waals surface area contributed by atoms with Gasteiger partial charge in [0.25, 0.3) is 0 Å². The molecule has 0 saturated carbocycles. The van der Waals surface area contributed by atoms with Crippen LogP contribution in [0.5, 0.6) is 11.5 Å². The normalized spacial score (nSPS) is 14.1. The first kappa shape index (κ1) is 21.8. The van der Waals surface area contributed by atoms with Gasteiger partial charge in [0.2, 0.25) is 0 Å². The lowest BCUT2D eigenvalue weighted by atomic mass is 10.00. The first-order valence-corrected chi connectivity index (χ1v) is 9.15. The molecule has 2 aromatic carbocycles. The lowest BCUT2D eigenvalue weighted by Gasteiger charge is -2.15. The van der Waals surface area contributed by atoms with Crippen molar-refractivity contribution in [1.29, 1.82) is 5.41 Å². The van der Waals surface area contributed by atoms with Crippen LogP contribution in [-0.2, 0) is 19.4 Å². The molecular formula is C21H18N2O8. The molecule has 160 valence electrons. The van der Waals surface area contributed by atoms with Gasteiger partial charge in [0.05, 0.1) is 5.56 Å². The number of nitrogens with one attached hydrogen (secondary N) is 1. The largest absolute Gasteiger partial charge is 0.421 e. The monoisotopic (exact) mass is 426 g/mol. The van der Waals surface area contributed by atoms with Crippen molar-refractivity contribution in [2.24, 2.45) is 5.73 Å². The summed E-state index contributed by atoms with van der Waals surface area (Å²) in [6.07, 6.45) is -0.276. The molecule has 0 amide bonds. The SMILES string of the molecule is N=C(N)c1ccc(C(=O)CCC(=O)c2cccc3c2OC(=O)COOCC(=O)O3)cc1. The summed E-state index contributed by atoms with van der Waals surface area (Å²) < 4.78 is 10.2. The highest BCUT2D eigenvalue weighted by molar-refractivity contribution is 6.05. The van der Waals surface area contributed by atoms with Crippen LogP contribution in [0, 0.1) is 5.41 Å². The molecule has 0 atom stereocenters. The number of Topliss-reactive ketones (excluding diaryl/α,β-unsaturated/α-hetero) is 2. The zero-order chi connectivity index (χ0) is 22.4. The van der Waals surface area contributed by atoms with E-state index in [1.165, 1.54) is 30.3 Å². The van der Waals surface area contributed by atoms with Crippen molar-refractivity contribution in [2.45, 2.75) is 12.8 Å². The van der Waals surface area contributed by atoms with Crippen LogP contribution in [0.2, 0.25) is 0 Å². The molecule has 10 heteroatoms. The van der Waals surface area contributed by atoms with Gasteiger partial charge in [0, 0.05) is 24.0 Å². The molecule has 0 fully saturated rings. The van der Waals surface area contributed by atoms with E-state index < -0.39 is 30.9 Å². The third kappa shape index (κ3) is 5.59. The number of benzene rings is 2. The van der Waals surface area contributed by atoms with Crippen LogP contribution in [0.3, 0.4) is 0 Å². The molecule has 0 saturated heterocycles. The topological polar surface area (TPSA) is 155 Å². The number of carbonyl (C=O) groups excluding carboxylic acids is 4. The van der Waals surface area contributed by atoms with Gasteiger partial charge < -0.3 is 15.2 Å². The molecule has 1 aliphatic heterocycles. The van der Waals surface area contributed by atoms with Crippen molar-refractivity contribution in [1.82, 2.24) is 0 Å². The third-order valence-corrected chi connectivity index (χ3v) is 4.25. The summed E-state index contributed by atoms with van der Waals surface area (Å²) in [7, 11) is 0. The number of nitrogens with two attached hydrogens (primary N) is 1. The summed E-state index contributed by atoms with van der Waals surface area (Å²) in [5.41, 5.74) is 6.22. The van der Waals surface area contributed by atoms with Gasteiger partial charge in [-0.25, -0.2) is 19.4 Å². The minimum atomic E-state index is -0.860. The molecule has 2 aromatic rings. The summed E-state index contributed by atoms with van der Waals surface area (Å²) in [6.45, 7) is -1.15. The summed E-state index contributed by atoms with van der Waals surface area (Å²) in [5, 5.41) is 7.37. The van der Waals surface area contributed by atoms with Crippen molar-refractivity contribution in [3.63, 3.8) is 0 Å². The summed E-state index contributed by atoms with van der Waals surface area (Å²) in [4.78, 5) is 57.8. The minimum absolute atomic E-state index is 0.0140. The Morgan fingerprint density at radius 1 is 0.839 bits per heavy atom. The number of hydrogen-bond donors (Lipinski definition) is 2. The lowest BCUT2D eigenvalue weighted by Crippen LogP contribution is -2.24. The zero-order valence-corrected chi connectivity index (χ0v) is 16.2. The number of hydrogen-bond acceptors (Lipinski definition) is 9. The Hall–Kier alpha value is -3.89. The number of esters is 2. The summed E-state index contributed by atoms with van der Waals surface area (Å²) in [6, 6.07) is 10.4. The van der Waals surface area contributed by atoms with Gasteiger partial charge in [-0.15, -0.1) is 0 Å². The van der Waals surface area contributed by atoms with Crippen LogP contribution in [0.15, 0.2) is 42.5 Å². The van der Waals surface area contributed by atoms with Crippen LogP contribution in [0.4, 0.5) is 0 Å². The average molecular weight is 426 g/mol. The lowest BCUT2D eigenvalue weighted by molar-refractivity contribution is -0.289. The number of nitrogen functional groups attached to an aromatic ring is 1. The van der Waals surface area contributed by atoms with Crippen molar-refractivity contribution >= 4 is 29.3 Å². The Morgan fingerprint density at radius 3 is 2.06 bits per heavy atom. The van der Waals surface area contributed by atoms with Gasteiger partial charge in [0.1, 0.15) is 5.84 Å². The third-order valence-electron chi connectivity index (χ3n) is 4.25. The second-order valence-electron chi connectivity index (χ2n) is 6.44. The van der Waals surface area contributed by atoms with Gasteiger partial charge in [-0.3, -0.25) is 15.0 Å². The number of amidine groups is 1. The fraction of sp³-hybridized carbons (Fsp3) is 0.190. The molecule has 3 rings (SSSR count). The Balaban J connectivity index is 1.76. The van der Waals surface area contributed by atoms with Crippen LogP contribution in [0.25, 0.3) is 0 Å². The molecule has 31 heavy (non-hydrogen) atoms. The Kier molecular flexibility index (Phi) is 6.85. The number of para-hydroxylation sites is 1. The molecule has 1 heterocycles. The molecule has 10 nitrogen and oxygen atoms in total. The number of ether oxygens (including phenoxy) is 2. The number of fused-ring (bicyclic) bond motifs is 1. The fourth-order valence-corrected chi connectivity index (χ4v) is 2.74. The molecule has 0 spiro atoms. The highest BCUT2D eigenvalue weighted by Gasteiger charge is 2.24. The first-order valence-electron chi connectivity index (χ1n) is 9.15. The van der Waals surface area contributed by atoms with E-state index in [4.69, 9.17) is 20.6 Å². The average Bonchev–Trinajstić information content (AvgIpc) is 2.75. The molecular weight excluding hydrogens is 408 g/mol. The number of carbonyl (C=O) groups is 4. The smallest absolute Gasteiger partial charge is 0.341 e. The van der Waals surface area contributed by atoms with E-state index in [0.717, 1.165) is 0 Å². The van der Waals surface area contributed by atoms with E-state index in [0.29, 0.717) is 11.1 Å². The van der Waals surface area contributed by atoms with Gasteiger partial charge >= 0.3 is 11.9 Å².